The second kappa shape index (κ2) is 9.01. The summed E-state index contributed by atoms with van der Waals surface area (Å²) in [7, 11) is 3.58. The Morgan fingerprint density at radius 2 is 1.59 bits per heavy atom. The van der Waals surface area contributed by atoms with Gasteiger partial charge in [0.25, 0.3) is 0 Å². The van der Waals surface area contributed by atoms with E-state index in [0.29, 0.717) is 13.1 Å². The van der Waals surface area contributed by atoms with Gasteiger partial charge in [0.15, 0.2) is 0 Å². The number of nitrogens with one attached hydrogen (secondary N) is 1. The molecule has 3 aromatic carbocycles. The van der Waals surface area contributed by atoms with Crippen LogP contribution in [0.1, 0.15) is 5.56 Å². The molecule has 1 N–H and O–H groups in total. The zero-order chi connectivity index (χ0) is 19.1. The van der Waals surface area contributed by atoms with Crippen LogP contribution in [0.2, 0.25) is 0 Å². The number of likely N-dealkylation sites (N-methyl/N-ethyl adjacent to an activating group) is 1. The Bertz CT molecular complexity index is 894. The summed E-state index contributed by atoms with van der Waals surface area (Å²) in [5, 5.41) is 3.04. The minimum Gasteiger partial charge on any atom is -0.496 e. The van der Waals surface area contributed by atoms with Crippen LogP contribution in [0.15, 0.2) is 78.9 Å². The van der Waals surface area contributed by atoms with Gasteiger partial charge in [-0.2, -0.15) is 0 Å². The van der Waals surface area contributed by atoms with Gasteiger partial charge in [0.2, 0.25) is 5.91 Å². The molecule has 0 bridgehead atoms. The van der Waals surface area contributed by atoms with Gasteiger partial charge in [0, 0.05) is 23.4 Å². The quantitative estimate of drug-likeness (QED) is 0.678. The number of nitrogens with zero attached hydrogens (tertiary/aromatic N) is 1. The Balaban J connectivity index is 1.66. The van der Waals surface area contributed by atoms with Crippen LogP contribution in [-0.2, 0) is 11.3 Å². The Morgan fingerprint density at radius 1 is 0.926 bits per heavy atom. The molecule has 0 aliphatic carbocycles. The molecule has 4 heteroatoms. The van der Waals surface area contributed by atoms with Crippen molar-refractivity contribution in [3.05, 3.63) is 84.4 Å². The molecule has 3 rings (SSSR count). The molecule has 0 spiro atoms. The molecular weight excluding hydrogens is 336 g/mol. The van der Waals surface area contributed by atoms with Crippen molar-refractivity contribution in [2.24, 2.45) is 0 Å². The summed E-state index contributed by atoms with van der Waals surface area (Å²) in [6.07, 6.45) is 0. The lowest BCUT2D eigenvalue weighted by Crippen LogP contribution is -2.30. The van der Waals surface area contributed by atoms with Crippen molar-refractivity contribution < 1.29 is 9.53 Å². The number of carbonyl (C=O) groups excluding carboxylic acids is 1. The summed E-state index contributed by atoms with van der Waals surface area (Å²) in [6, 6.07) is 25.8. The monoisotopic (exact) mass is 360 g/mol. The fraction of sp³-hybridized carbons (Fsp3) is 0.174. The second-order valence-electron chi connectivity index (χ2n) is 6.44. The van der Waals surface area contributed by atoms with E-state index >= 15 is 0 Å². The highest BCUT2D eigenvalue weighted by atomic mass is 16.5. The molecule has 0 aliphatic heterocycles. The number of methoxy groups -OCH3 is 1. The molecule has 0 aliphatic rings. The average molecular weight is 360 g/mol. The number of ether oxygens (including phenoxy) is 1. The molecule has 0 saturated heterocycles. The Kier molecular flexibility index (Phi) is 6.23. The molecule has 1 amide bonds. The van der Waals surface area contributed by atoms with Crippen molar-refractivity contribution in [3.63, 3.8) is 0 Å². The summed E-state index contributed by atoms with van der Waals surface area (Å²) < 4.78 is 5.38. The number of carbonyl (C=O) groups is 1. The van der Waals surface area contributed by atoms with Gasteiger partial charge in [-0.3, -0.25) is 9.69 Å². The predicted octanol–water partition coefficient (Wildman–Crippen LogP) is 4.43. The first-order valence-electron chi connectivity index (χ1n) is 8.92. The van der Waals surface area contributed by atoms with E-state index in [1.54, 1.807) is 7.11 Å². The van der Waals surface area contributed by atoms with Gasteiger partial charge in [0.05, 0.1) is 13.7 Å². The minimum absolute atomic E-state index is 0.0456. The van der Waals surface area contributed by atoms with Crippen molar-refractivity contribution in [3.8, 4) is 16.9 Å². The fourth-order valence-corrected chi connectivity index (χ4v) is 3.08. The van der Waals surface area contributed by atoms with Crippen LogP contribution in [0.5, 0.6) is 5.75 Å². The van der Waals surface area contributed by atoms with Crippen molar-refractivity contribution in [2.75, 3.05) is 26.0 Å². The number of benzene rings is 3. The molecule has 0 saturated carbocycles. The van der Waals surface area contributed by atoms with Crippen molar-refractivity contribution in [1.29, 1.82) is 0 Å². The van der Waals surface area contributed by atoms with Gasteiger partial charge in [-0.1, -0.05) is 66.7 Å². The largest absolute Gasteiger partial charge is 0.496 e. The molecular formula is C23H24N2O2. The van der Waals surface area contributed by atoms with Gasteiger partial charge in [-0.15, -0.1) is 0 Å². The van der Waals surface area contributed by atoms with Crippen LogP contribution in [0, 0.1) is 0 Å². The molecule has 138 valence electrons. The first kappa shape index (κ1) is 18.7. The average Bonchev–Trinajstić information content (AvgIpc) is 2.69. The van der Waals surface area contributed by atoms with Crippen LogP contribution < -0.4 is 10.1 Å². The number of hydrogen-bond acceptors (Lipinski definition) is 3. The number of rotatable bonds is 7. The molecule has 4 nitrogen and oxygen atoms in total. The first-order valence-corrected chi connectivity index (χ1v) is 8.92. The standard InChI is InChI=1S/C23H24N2O2/c1-25(16-19-12-6-9-15-22(19)27-2)17-23(26)24-21-14-8-7-13-20(21)18-10-4-3-5-11-18/h3-15H,16-17H2,1-2H3,(H,24,26). The Hall–Kier alpha value is -3.11. The second-order valence-corrected chi connectivity index (χ2v) is 6.44. The highest BCUT2D eigenvalue weighted by molar-refractivity contribution is 5.96. The van der Waals surface area contributed by atoms with Crippen LogP contribution in [0.25, 0.3) is 11.1 Å². The van der Waals surface area contributed by atoms with E-state index in [4.69, 9.17) is 4.74 Å². The summed E-state index contributed by atoms with van der Waals surface area (Å²) in [5.74, 6) is 0.787. The van der Waals surface area contributed by atoms with E-state index in [1.807, 2.05) is 90.8 Å². The third kappa shape index (κ3) is 4.96. The van der Waals surface area contributed by atoms with Crippen molar-refractivity contribution in [1.82, 2.24) is 4.90 Å². The maximum Gasteiger partial charge on any atom is 0.238 e. The van der Waals surface area contributed by atoms with E-state index in [0.717, 1.165) is 28.1 Å². The van der Waals surface area contributed by atoms with Gasteiger partial charge >= 0.3 is 0 Å². The highest BCUT2D eigenvalue weighted by Crippen LogP contribution is 2.27. The zero-order valence-electron chi connectivity index (χ0n) is 15.7. The van der Waals surface area contributed by atoms with Crippen molar-refractivity contribution in [2.45, 2.75) is 6.54 Å². The number of para-hydroxylation sites is 2. The molecule has 0 fully saturated rings. The van der Waals surface area contributed by atoms with Gasteiger partial charge in [-0.05, 0) is 24.7 Å². The number of amides is 1. The number of anilines is 1. The van der Waals surface area contributed by atoms with Crippen LogP contribution >= 0.6 is 0 Å². The summed E-state index contributed by atoms with van der Waals surface area (Å²) in [4.78, 5) is 14.5. The van der Waals surface area contributed by atoms with Crippen LogP contribution in [-0.4, -0.2) is 31.5 Å². The zero-order valence-corrected chi connectivity index (χ0v) is 15.7. The van der Waals surface area contributed by atoms with Gasteiger partial charge in [-0.25, -0.2) is 0 Å². The lowest BCUT2D eigenvalue weighted by molar-refractivity contribution is -0.117. The van der Waals surface area contributed by atoms with E-state index < -0.39 is 0 Å². The van der Waals surface area contributed by atoms with E-state index in [-0.39, 0.29) is 5.91 Å². The smallest absolute Gasteiger partial charge is 0.238 e. The van der Waals surface area contributed by atoms with Crippen molar-refractivity contribution >= 4 is 11.6 Å². The fourth-order valence-electron chi connectivity index (χ4n) is 3.08. The third-order valence-corrected chi connectivity index (χ3v) is 4.33. The maximum atomic E-state index is 12.6. The summed E-state index contributed by atoms with van der Waals surface area (Å²) in [6.45, 7) is 0.930. The van der Waals surface area contributed by atoms with E-state index in [9.17, 15) is 4.79 Å². The van der Waals surface area contributed by atoms with Crippen LogP contribution in [0.4, 0.5) is 5.69 Å². The molecule has 0 aromatic heterocycles. The molecule has 0 atom stereocenters. The molecule has 0 unspecified atom stereocenters. The molecule has 0 radical (unpaired) electrons. The lowest BCUT2D eigenvalue weighted by atomic mass is 10.0. The maximum absolute atomic E-state index is 12.6. The summed E-state index contributed by atoms with van der Waals surface area (Å²) >= 11 is 0. The SMILES string of the molecule is COc1ccccc1CN(C)CC(=O)Nc1ccccc1-c1ccccc1. The van der Waals surface area contributed by atoms with Gasteiger partial charge in [0.1, 0.15) is 5.75 Å². The summed E-state index contributed by atoms with van der Waals surface area (Å²) in [5.41, 5.74) is 3.97. The van der Waals surface area contributed by atoms with Gasteiger partial charge < -0.3 is 10.1 Å². The minimum atomic E-state index is -0.0456. The van der Waals surface area contributed by atoms with E-state index in [2.05, 4.69) is 5.32 Å². The van der Waals surface area contributed by atoms with Crippen LogP contribution in [0.3, 0.4) is 0 Å². The Morgan fingerprint density at radius 3 is 2.37 bits per heavy atom. The normalized spacial score (nSPS) is 10.6. The predicted molar refractivity (Wildman–Crippen MR) is 110 cm³/mol. The van der Waals surface area contributed by atoms with E-state index in [1.165, 1.54) is 0 Å². The first-order chi connectivity index (χ1) is 13.2. The molecule has 0 heterocycles. The lowest BCUT2D eigenvalue weighted by Gasteiger charge is -2.18. The third-order valence-electron chi connectivity index (χ3n) is 4.33. The highest BCUT2D eigenvalue weighted by Gasteiger charge is 2.12. The Labute approximate surface area is 160 Å². The molecule has 27 heavy (non-hydrogen) atoms. The molecule has 3 aromatic rings. The number of hydrogen-bond donors (Lipinski definition) is 1. The topological polar surface area (TPSA) is 41.6 Å².